The number of fused-ring (bicyclic) bond motifs is 2. The van der Waals surface area contributed by atoms with E-state index in [1.165, 1.54) is 25.7 Å². The second-order valence-electron chi connectivity index (χ2n) is 5.81. The molecule has 3 atom stereocenters. The van der Waals surface area contributed by atoms with Gasteiger partial charge in [0.15, 0.2) is 0 Å². The van der Waals surface area contributed by atoms with E-state index >= 15 is 0 Å². The summed E-state index contributed by atoms with van der Waals surface area (Å²) >= 11 is 0. The molecule has 2 fully saturated rings. The van der Waals surface area contributed by atoms with Gasteiger partial charge in [-0.05, 0) is 56.4 Å². The Hall–Kier alpha value is -0.860. The second kappa shape index (κ2) is 5.19. The van der Waals surface area contributed by atoms with Gasteiger partial charge in [0.25, 0.3) is 0 Å². The third-order valence-electron chi connectivity index (χ3n) is 4.19. The molecule has 0 aliphatic heterocycles. The van der Waals surface area contributed by atoms with Crippen LogP contribution in [0.25, 0.3) is 0 Å². The first kappa shape index (κ1) is 12.6. The SMILES string of the molecule is CC(C)N/C=C(\C(=N)CF)C1CC2CCC1C2. The van der Waals surface area contributed by atoms with Gasteiger partial charge >= 0.3 is 0 Å². The van der Waals surface area contributed by atoms with Gasteiger partial charge in [-0.15, -0.1) is 0 Å². The highest BCUT2D eigenvalue weighted by molar-refractivity contribution is 5.99. The molecule has 0 saturated heterocycles. The molecule has 2 rings (SSSR count). The van der Waals surface area contributed by atoms with E-state index in [1.54, 1.807) is 0 Å². The lowest BCUT2D eigenvalue weighted by Gasteiger charge is -2.25. The molecular formula is C14H23FN2. The monoisotopic (exact) mass is 238 g/mol. The van der Waals surface area contributed by atoms with Crippen LogP contribution in [-0.2, 0) is 0 Å². The summed E-state index contributed by atoms with van der Waals surface area (Å²) in [6.07, 6.45) is 6.97. The van der Waals surface area contributed by atoms with Crippen LogP contribution in [0.3, 0.4) is 0 Å². The Morgan fingerprint density at radius 1 is 1.41 bits per heavy atom. The van der Waals surface area contributed by atoms with Crippen LogP contribution in [0.5, 0.6) is 0 Å². The molecule has 96 valence electrons. The van der Waals surface area contributed by atoms with Crippen LogP contribution >= 0.6 is 0 Å². The molecule has 0 aromatic heterocycles. The number of halogens is 1. The minimum atomic E-state index is -0.639. The molecule has 2 aliphatic carbocycles. The predicted molar refractivity (Wildman–Crippen MR) is 69.0 cm³/mol. The Morgan fingerprint density at radius 2 is 2.18 bits per heavy atom. The van der Waals surface area contributed by atoms with Crippen molar-refractivity contribution in [2.24, 2.45) is 17.8 Å². The van der Waals surface area contributed by atoms with E-state index in [0.29, 0.717) is 17.9 Å². The topological polar surface area (TPSA) is 35.9 Å². The summed E-state index contributed by atoms with van der Waals surface area (Å²) in [5, 5.41) is 11.0. The lowest BCUT2D eigenvalue weighted by molar-refractivity contribution is 0.383. The number of nitrogens with one attached hydrogen (secondary N) is 2. The van der Waals surface area contributed by atoms with Gasteiger partial charge in [0.05, 0.1) is 5.71 Å². The molecule has 2 saturated carbocycles. The van der Waals surface area contributed by atoms with Gasteiger partial charge in [-0.25, -0.2) is 4.39 Å². The predicted octanol–water partition coefficient (Wildman–Crippen LogP) is 3.29. The van der Waals surface area contributed by atoms with Crippen molar-refractivity contribution >= 4 is 5.71 Å². The first-order valence-corrected chi connectivity index (χ1v) is 6.71. The number of hydrogen-bond donors (Lipinski definition) is 2. The van der Waals surface area contributed by atoms with Gasteiger partial charge in [-0.3, -0.25) is 0 Å². The summed E-state index contributed by atoms with van der Waals surface area (Å²) in [5.41, 5.74) is 1.10. The molecular weight excluding hydrogens is 215 g/mol. The maximum absolute atomic E-state index is 12.8. The average molecular weight is 238 g/mol. The van der Waals surface area contributed by atoms with Crippen molar-refractivity contribution in [1.82, 2.24) is 5.32 Å². The van der Waals surface area contributed by atoms with Gasteiger partial charge < -0.3 is 10.7 Å². The zero-order valence-corrected chi connectivity index (χ0v) is 10.8. The number of rotatable bonds is 5. The minimum Gasteiger partial charge on any atom is -0.388 e. The fourth-order valence-corrected chi connectivity index (χ4v) is 3.38. The van der Waals surface area contributed by atoms with E-state index in [4.69, 9.17) is 5.41 Å². The molecule has 17 heavy (non-hydrogen) atoms. The number of hydrogen-bond acceptors (Lipinski definition) is 2. The third kappa shape index (κ3) is 2.70. The van der Waals surface area contributed by atoms with Gasteiger partial charge in [-0.1, -0.05) is 6.42 Å². The zero-order chi connectivity index (χ0) is 12.4. The fourth-order valence-electron chi connectivity index (χ4n) is 3.38. The lowest BCUT2D eigenvalue weighted by Crippen LogP contribution is -2.24. The van der Waals surface area contributed by atoms with Gasteiger partial charge in [0, 0.05) is 12.2 Å². The van der Waals surface area contributed by atoms with Crippen molar-refractivity contribution in [3.63, 3.8) is 0 Å². The van der Waals surface area contributed by atoms with Crippen molar-refractivity contribution in [2.45, 2.75) is 45.6 Å². The fraction of sp³-hybridized carbons (Fsp3) is 0.786. The first-order chi connectivity index (χ1) is 8.11. The number of allylic oxidation sites excluding steroid dienone is 1. The summed E-state index contributed by atoms with van der Waals surface area (Å²) in [7, 11) is 0. The summed E-state index contributed by atoms with van der Waals surface area (Å²) in [4.78, 5) is 0. The van der Waals surface area contributed by atoms with Crippen LogP contribution in [0, 0.1) is 23.2 Å². The highest BCUT2D eigenvalue weighted by Gasteiger charge is 2.41. The highest BCUT2D eigenvalue weighted by atomic mass is 19.1. The summed E-state index contributed by atoms with van der Waals surface area (Å²) in [6, 6.07) is 0.344. The van der Waals surface area contributed by atoms with Crippen LogP contribution in [0.1, 0.15) is 39.5 Å². The molecule has 0 aromatic carbocycles. The molecule has 3 unspecified atom stereocenters. The van der Waals surface area contributed by atoms with Crippen molar-refractivity contribution < 1.29 is 4.39 Å². The zero-order valence-electron chi connectivity index (χ0n) is 10.8. The minimum absolute atomic E-state index is 0.177. The Balaban J connectivity index is 2.10. The largest absolute Gasteiger partial charge is 0.388 e. The van der Waals surface area contributed by atoms with E-state index in [2.05, 4.69) is 19.2 Å². The van der Waals surface area contributed by atoms with Gasteiger partial charge in [0.1, 0.15) is 6.67 Å². The molecule has 3 heteroatoms. The van der Waals surface area contributed by atoms with Crippen LogP contribution in [0.2, 0.25) is 0 Å². The van der Waals surface area contributed by atoms with Crippen LogP contribution in [0.4, 0.5) is 4.39 Å². The van der Waals surface area contributed by atoms with Gasteiger partial charge in [-0.2, -0.15) is 0 Å². The maximum Gasteiger partial charge on any atom is 0.131 e. The van der Waals surface area contributed by atoms with E-state index in [9.17, 15) is 4.39 Å². The van der Waals surface area contributed by atoms with Crippen molar-refractivity contribution in [1.29, 1.82) is 5.41 Å². The molecule has 2 nitrogen and oxygen atoms in total. The highest BCUT2D eigenvalue weighted by Crippen LogP contribution is 2.51. The normalized spacial score (nSPS) is 32.2. The molecule has 0 spiro atoms. The van der Waals surface area contributed by atoms with Crippen LogP contribution in [0.15, 0.2) is 11.8 Å². The molecule has 2 N–H and O–H groups in total. The second-order valence-corrected chi connectivity index (χ2v) is 5.81. The van der Waals surface area contributed by atoms with Crippen molar-refractivity contribution in [3.05, 3.63) is 11.8 Å². The molecule has 0 aromatic rings. The smallest absolute Gasteiger partial charge is 0.131 e. The van der Waals surface area contributed by atoms with E-state index in [1.807, 2.05) is 6.20 Å². The van der Waals surface area contributed by atoms with Crippen LogP contribution < -0.4 is 5.32 Å². The number of alkyl halides is 1. The summed E-state index contributed by atoms with van der Waals surface area (Å²) in [6.45, 7) is 3.49. The Morgan fingerprint density at radius 3 is 2.65 bits per heavy atom. The summed E-state index contributed by atoms with van der Waals surface area (Å²) < 4.78 is 12.8. The molecule has 0 amide bonds. The lowest BCUT2D eigenvalue weighted by atomic mass is 9.81. The molecule has 2 aliphatic rings. The van der Waals surface area contributed by atoms with Crippen molar-refractivity contribution in [3.8, 4) is 0 Å². The average Bonchev–Trinajstić information content (AvgIpc) is 2.90. The van der Waals surface area contributed by atoms with Gasteiger partial charge in [0.2, 0.25) is 0 Å². The Kier molecular flexibility index (Phi) is 3.85. The van der Waals surface area contributed by atoms with Crippen molar-refractivity contribution in [2.75, 3.05) is 6.67 Å². The van der Waals surface area contributed by atoms with E-state index in [0.717, 1.165) is 11.5 Å². The molecule has 2 bridgehead atoms. The van der Waals surface area contributed by atoms with E-state index < -0.39 is 6.67 Å². The standard InChI is InChI=1S/C14H23FN2/c1-9(2)17-8-13(14(16)7-15)12-6-10-3-4-11(12)5-10/h8-12,16-17H,3-7H2,1-2H3/b13-8-,16-14?. The Labute approximate surface area is 103 Å². The summed E-state index contributed by atoms with van der Waals surface area (Å²) in [5.74, 6) is 1.97. The third-order valence-corrected chi connectivity index (χ3v) is 4.19. The first-order valence-electron chi connectivity index (χ1n) is 6.71. The quantitative estimate of drug-likeness (QED) is 0.708. The maximum atomic E-state index is 12.8. The molecule has 0 radical (unpaired) electrons. The van der Waals surface area contributed by atoms with Crippen LogP contribution in [-0.4, -0.2) is 18.4 Å². The molecule has 0 heterocycles. The van der Waals surface area contributed by atoms with E-state index in [-0.39, 0.29) is 5.71 Å². The Bertz CT molecular complexity index is 322.